The second kappa shape index (κ2) is 2.47. The maximum Gasteiger partial charge on any atom is 0.0831 e. The lowest BCUT2D eigenvalue weighted by Gasteiger charge is -2.32. The minimum absolute atomic E-state index is 0.0424. The highest BCUT2D eigenvalue weighted by Crippen LogP contribution is 2.25. The summed E-state index contributed by atoms with van der Waals surface area (Å²) in [6.07, 6.45) is 1.71. The summed E-state index contributed by atoms with van der Waals surface area (Å²) >= 11 is 5.96. The van der Waals surface area contributed by atoms with Gasteiger partial charge in [-0.15, -0.1) is 0 Å². The third-order valence-electron chi connectivity index (χ3n) is 2.24. The average molecular weight is 186 g/mol. The van der Waals surface area contributed by atoms with E-state index in [0.29, 0.717) is 0 Å². The predicted octanol–water partition coefficient (Wildman–Crippen LogP) is 1.37. The Labute approximate surface area is 76.7 Å². The molecule has 0 bridgehead atoms. The molecule has 1 N–H and O–H groups in total. The van der Waals surface area contributed by atoms with Gasteiger partial charge < -0.3 is 5.32 Å². The molecule has 4 heteroatoms. The molecule has 0 saturated heterocycles. The zero-order valence-electron chi connectivity index (χ0n) is 7.26. The second-order valence-corrected chi connectivity index (χ2v) is 4.17. The van der Waals surface area contributed by atoms with Crippen LogP contribution < -0.4 is 5.32 Å². The predicted molar refractivity (Wildman–Crippen MR) is 48.3 cm³/mol. The molecule has 0 aliphatic carbocycles. The molecule has 2 heterocycles. The van der Waals surface area contributed by atoms with Crippen molar-refractivity contribution >= 4 is 11.6 Å². The van der Waals surface area contributed by atoms with Crippen molar-refractivity contribution in [2.45, 2.75) is 25.9 Å². The molecule has 0 fully saturated rings. The monoisotopic (exact) mass is 185 g/mol. The topological polar surface area (TPSA) is 29.9 Å². The van der Waals surface area contributed by atoms with Gasteiger partial charge in [0, 0.05) is 13.1 Å². The third kappa shape index (κ3) is 1.04. The number of hydrogen-bond acceptors (Lipinski definition) is 2. The van der Waals surface area contributed by atoms with Crippen LogP contribution in [0, 0.1) is 0 Å². The molecule has 2 rings (SSSR count). The fourth-order valence-electron chi connectivity index (χ4n) is 1.60. The van der Waals surface area contributed by atoms with Crippen molar-refractivity contribution in [3.05, 3.63) is 16.9 Å². The van der Waals surface area contributed by atoms with Gasteiger partial charge in [-0.25, -0.2) is 0 Å². The molecule has 1 aromatic rings. The average Bonchev–Trinajstić information content (AvgIpc) is 2.33. The van der Waals surface area contributed by atoms with E-state index in [-0.39, 0.29) is 5.54 Å². The lowest BCUT2D eigenvalue weighted by molar-refractivity contribution is 0.260. The van der Waals surface area contributed by atoms with Gasteiger partial charge in [-0.3, -0.25) is 4.68 Å². The van der Waals surface area contributed by atoms with E-state index in [1.54, 1.807) is 6.20 Å². The number of hydrogen-bond donors (Lipinski definition) is 1. The van der Waals surface area contributed by atoms with E-state index < -0.39 is 0 Å². The second-order valence-electron chi connectivity index (χ2n) is 3.77. The van der Waals surface area contributed by atoms with Crippen LogP contribution in [0.25, 0.3) is 0 Å². The Morgan fingerprint density at radius 3 is 3.08 bits per heavy atom. The quantitative estimate of drug-likeness (QED) is 0.662. The van der Waals surface area contributed by atoms with Crippen molar-refractivity contribution in [1.29, 1.82) is 0 Å². The van der Waals surface area contributed by atoms with Crippen LogP contribution in [0.3, 0.4) is 0 Å². The summed E-state index contributed by atoms with van der Waals surface area (Å²) in [5, 5.41) is 8.33. The van der Waals surface area contributed by atoms with E-state index in [4.69, 9.17) is 11.6 Å². The Hall–Kier alpha value is -0.540. The van der Waals surface area contributed by atoms with Crippen LogP contribution in [0.5, 0.6) is 0 Å². The summed E-state index contributed by atoms with van der Waals surface area (Å²) in [5.41, 5.74) is 1.13. The molecule has 0 atom stereocenters. The Morgan fingerprint density at radius 1 is 1.67 bits per heavy atom. The minimum atomic E-state index is 0.0424. The highest BCUT2D eigenvalue weighted by atomic mass is 35.5. The van der Waals surface area contributed by atoms with Gasteiger partial charge >= 0.3 is 0 Å². The van der Waals surface area contributed by atoms with Gasteiger partial charge in [0.05, 0.1) is 22.5 Å². The van der Waals surface area contributed by atoms with Gasteiger partial charge in [-0.2, -0.15) is 5.10 Å². The van der Waals surface area contributed by atoms with E-state index in [9.17, 15) is 0 Å². The Bertz CT molecular complexity index is 303. The highest BCUT2D eigenvalue weighted by molar-refractivity contribution is 6.31. The van der Waals surface area contributed by atoms with Crippen molar-refractivity contribution in [2.24, 2.45) is 0 Å². The van der Waals surface area contributed by atoms with Crippen LogP contribution in [0.15, 0.2) is 6.20 Å². The molecule has 1 aliphatic rings. The normalized spacial score (nSPS) is 20.6. The summed E-state index contributed by atoms with van der Waals surface area (Å²) in [5.74, 6) is 0. The van der Waals surface area contributed by atoms with E-state index in [2.05, 4.69) is 24.3 Å². The fourth-order valence-corrected chi connectivity index (χ4v) is 1.79. The van der Waals surface area contributed by atoms with Crippen molar-refractivity contribution < 1.29 is 0 Å². The third-order valence-corrected chi connectivity index (χ3v) is 2.56. The van der Waals surface area contributed by atoms with Crippen LogP contribution in [-0.2, 0) is 12.1 Å². The molecule has 0 aromatic carbocycles. The van der Waals surface area contributed by atoms with E-state index in [0.717, 1.165) is 23.8 Å². The molecule has 0 amide bonds. The minimum Gasteiger partial charge on any atom is -0.309 e. The maximum atomic E-state index is 5.96. The van der Waals surface area contributed by atoms with Crippen LogP contribution >= 0.6 is 11.6 Å². The molecular formula is C8H12ClN3. The summed E-state index contributed by atoms with van der Waals surface area (Å²) in [4.78, 5) is 0. The molecule has 0 spiro atoms. The van der Waals surface area contributed by atoms with Gasteiger partial charge in [-0.05, 0) is 13.8 Å². The maximum absolute atomic E-state index is 5.96. The van der Waals surface area contributed by atoms with E-state index in [1.165, 1.54) is 0 Å². The molecule has 3 nitrogen and oxygen atoms in total. The largest absolute Gasteiger partial charge is 0.309 e. The van der Waals surface area contributed by atoms with Crippen LogP contribution in [-0.4, -0.2) is 16.3 Å². The van der Waals surface area contributed by atoms with Crippen molar-refractivity contribution in [3.8, 4) is 0 Å². The van der Waals surface area contributed by atoms with Crippen LogP contribution in [0.2, 0.25) is 5.02 Å². The van der Waals surface area contributed by atoms with Gasteiger partial charge in [0.1, 0.15) is 0 Å². The molecule has 66 valence electrons. The van der Waals surface area contributed by atoms with Gasteiger partial charge in [0.25, 0.3) is 0 Å². The van der Waals surface area contributed by atoms with Crippen molar-refractivity contribution in [1.82, 2.24) is 15.1 Å². The highest BCUT2D eigenvalue weighted by Gasteiger charge is 2.28. The molecule has 0 radical (unpaired) electrons. The Kier molecular flexibility index (Phi) is 1.66. The first-order chi connectivity index (χ1) is 5.61. The van der Waals surface area contributed by atoms with Crippen LogP contribution in [0.4, 0.5) is 0 Å². The molecular weight excluding hydrogens is 174 g/mol. The number of rotatable bonds is 0. The lowest BCUT2D eigenvalue weighted by Crippen LogP contribution is -2.44. The molecule has 12 heavy (non-hydrogen) atoms. The van der Waals surface area contributed by atoms with Gasteiger partial charge in [0.2, 0.25) is 0 Å². The first-order valence-corrected chi connectivity index (χ1v) is 4.43. The molecule has 0 unspecified atom stereocenters. The molecule has 0 saturated carbocycles. The zero-order chi connectivity index (χ0) is 8.77. The fraction of sp³-hybridized carbons (Fsp3) is 0.625. The number of nitrogens with zero attached hydrogens (tertiary/aromatic N) is 2. The van der Waals surface area contributed by atoms with Crippen molar-refractivity contribution in [3.63, 3.8) is 0 Å². The lowest BCUT2D eigenvalue weighted by atomic mass is 10.0. The first-order valence-electron chi connectivity index (χ1n) is 4.05. The summed E-state index contributed by atoms with van der Waals surface area (Å²) < 4.78 is 2.01. The van der Waals surface area contributed by atoms with Gasteiger partial charge in [-0.1, -0.05) is 11.6 Å². The number of halogens is 1. The smallest absolute Gasteiger partial charge is 0.0831 e. The zero-order valence-corrected chi connectivity index (χ0v) is 8.02. The molecule has 1 aliphatic heterocycles. The number of nitrogens with one attached hydrogen (secondary N) is 1. The SMILES string of the molecule is CC1(C)CNCc2c(Cl)cnn21. The van der Waals surface area contributed by atoms with Gasteiger partial charge in [0.15, 0.2) is 0 Å². The first kappa shape index (κ1) is 8.08. The molecule has 1 aromatic heterocycles. The number of aromatic nitrogens is 2. The number of fused-ring (bicyclic) bond motifs is 1. The summed E-state index contributed by atoms with van der Waals surface area (Å²) in [7, 11) is 0. The van der Waals surface area contributed by atoms with E-state index >= 15 is 0 Å². The summed E-state index contributed by atoms with van der Waals surface area (Å²) in [6.45, 7) is 6.05. The standard InChI is InChI=1S/C8H12ClN3/c1-8(2)5-10-4-7-6(9)3-11-12(7)8/h3,10H,4-5H2,1-2H3. The summed E-state index contributed by atoms with van der Waals surface area (Å²) in [6, 6.07) is 0. The Morgan fingerprint density at radius 2 is 2.42 bits per heavy atom. The van der Waals surface area contributed by atoms with Crippen LogP contribution in [0.1, 0.15) is 19.5 Å². The van der Waals surface area contributed by atoms with E-state index in [1.807, 2.05) is 4.68 Å². The Balaban J connectivity index is 2.53. The van der Waals surface area contributed by atoms with Crippen molar-refractivity contribution in [2.75, 3.05) is 6.54 Å².